The number of aryl methyl sites for hydroxylation is 2. The molecule has 0 fully saturated rings. The van der Waals surface area contributed by atoms with Gasteiger partial charge in [-0.3, -0.25) is 19.4 Å². The van der Waals surface area contributed by atoms with Gasteiger partial charge in [0.15, 0.2) is 0 Å². The molecule has 10 nitrogen and oxygen atoms in total. The molecule has 2 unspecified atom stereocenters. The third-order valence-electron chi connectivity index (χ3n) is 6.24. The Balaban J connectivity index is 1.71. The fourth-order valence-corrected chi connectivity index (χ4v) is 4.24. The van der Waals surface area contributed by atoms with Gasteiger partial charge < -0.3 is 32.7 Å². The van der Waals surface area contributed by atoms with Crippen LogP contribution in [0.1, 0.15) is 36.1 Å². The predicted molar refractivity (Wildman–Crippen MR) is 144 cm³/mol. The first-order valence-electron chi connectivity index (χ1n) is 12.7. The number of nitrogens with one attached hydrogen (secondary N) is 2. The minimum absolute atomic E-state index is 0.207. The van der Waals surface area contributed by atoms with Gasteiger partial charge in [-0.15, -0.1) is 0 Å². The van der Waals surface area contributed by atoms with Gasteiger partial charge in [0.2, 0.25) is 17.7 Å². The largest absolute Gasteiger partial charge is 0.343 e. The summed E-state index contributed by atoms with van der Waals surface area (Å²) in [6.07, 6.45) is 8.09. The quantitative estimate of drug-likeness (QED) is 0.264. The average Bonchev–Trinajstić information content (AvgIpc) is 2.91. The Morgan fingerprint density at radius 1 is 1.03 bits per heavy atom. The van der Waals surface area contributed by atoms with Crippen LogP contribution >= 0.6 is 0 Å². The number of nitrogens with zero attached hydrogens (tertiary/aromatic N) is 2. The van der Waals surface area contributed by atoms with E-state index in [9.17, 15) is 14.4 Å². The third-order valence-corrected chi connectivity index (χ3v) is 6.24. The van der Waals surface area contributed by atoms with E-state index in [-0.39, 0.29) is 31.3 Å². The average molecular weight is 508 g/mol. The molecule has 1 heterocycles. The molecule has 3 amide bonds. The normalized spacial score (nSPS) is 13.8. The lowest BCUT2D eigenvalue weighted by Gasteiger charge is -2.24. The second-order valence-corrected chi connectivity index (χ2v) is 9.00. The summed E-state index contributed by atoms with van der Waals surface area (Å²) in [5.74, 6) is -1.24. The lowest BCUT2D eigenvalue weighted by Crippen LogP contribution is -2.52. The summed E-state index contributed by atoms with van der Waals surface area (Å²) in [6.45, 7) is 1.22. The van der Waals surface area contributed by atoms with Crippen LogP contribution in [-0.2, 0) is 27.2 Å². The van der Waals surface area contributed by atoms with E-state index in [0.29, 0.717) is 31.6 Å². The van der Waals surface area contributed by atoms with Crippen molar-refractivity contribution in [2.24, 2.45) is 17.2 Å². The van der Waals surface area contributed by atoms with E-state index in [1.165, 1.54) is 4.90 Å². The van der Waals surface area contributed by atoms with E-state index in [1.54, 1.807) is 12.3 Å². The number of nitrogens with two attached hydrogens (primary N) is 3. The lowest BCUT2D eigenvalue weighted by atomic mass is 10.0. The maximum Gasteiger partial charge on any atom is 0.246 e. The molecule has 2 atom stereocenters. The van der Waals surface area contributed by atoms with Gasteiger partial charge in [-0.2, -0.15) is 0 Å². The minimum Gasteiger partial charge on any atom is -0.343 e. The number of benzene rings is 1. The molecule has 1 aromatic carbocycles. The summed E-state index contributed by atoms with van der Waals surface area (Å²) in [5, 5.41) is 5.72. The van der Waals surface area contributed by atoms with Crippen LogP contribution in [0.3, 0.4) is 0 Å². The van der Waals surface area contributed by atoms with E-state index < -0.39 is 18.0 Å². The summed E-state index contributed by atoms with van der Waals surface area (Å²) in [5.41, 5.74) is 20.7. The van der Waals surface area contributed by atoms with E-state index in [4.69, 9.17) is 17.2 Å². The predicted octanol–water partition coefficient (Wildman–Crippen LogP) is 0.561. The van der Waals surface area contributed by atoms with Crippen LogP contribution in [0.15, 0.2) is 48.7 Å². The van der Waals surface area contributed by atoms with Gasteiger partial charge >= 0.3 is 0 Å². The SMILES string of the molecule is NCCN(CCN)C(=O)CC(N)C(=O)NC(CCc1ccccc1)C(=O)Nc1ccnc2c1C=CCC2. The van der Waals surface area contributed by atoms with Gasteiger partial charge in [-0.05, 0) is 37.3 Å². The van der Waals surface area contributed by atoms with Gasteiger partial charge in [0.25, 0.3) is 0 Å². The number of rotatable bonds is 13. The van der Waals surface area contributed by atoms with Crippen LogP contribution in [0.2, 0.25) is 0 Å². The first-order valence-corrected chi connectivity index (χ1v) is 12.7. The number of anilines is 1. The Bertz CT molecular complexity index is 1080. The molecule has 8 N–H and O–H groups in total. The molecule has 1 aliphatic carbocycles. The molecule has 0 radical (unpaired) electrons. The van der Waals surface area contributed by atoms with Crippen LogP contribution in [-0.4, -0.2) is 65.9 Å². The molecule has 198 valence electrons. The van der Waals surface area contributed by atoms with Crippen molar-refractivity contribution in [3.05, 3.63) is 65.5 Å². The fraction of sp³-hybridized carbons (Fsp3) is 0.407. The highest BCUT2D eigenvalue weighted by Gasteiger charge is 2.27. The zero-order chi connectivity index (χ0) is 26.6. The number of amides is 3. The van der Waals surface area contributed by atoms with Crippen molar-refractivity contribution in [3.8, 4) is 0 Å². The Hall–Kier alpha value is -3.60. The molecular weight excluding hydrogens is 470 g/mol. The summed E-state index contributed by atoms with van der Waals surface area (Å²) >= 11 is 0. The molecule has 1 aromatic heterocycles. The Morgan fingerprint density at radius 3 is 2.46 bits per heavy atom. The fourth-order valence-electron chi connectivity index (χ4n) is 4.24. The Kier molecular flexibility index (Phi) is 10.8. The second-order valence-electron chi connectivity index (χ2n) is 9.00. The van der Waals surface area contributed by atoms with Crippen LogP contribution < -0.4 is 27.8 Å². The molecule has 3 rings (SSSR count). The number of fused-ring (bicyclic) bond motifs is 1. The Labute approximate surface area is 217 Å². The summed E-state index contributed by atoms with van der Waals surface area (Å²) in [6, 6.07) is 9.48. The van der Waals surface area contributed by atoms with Gasteiger partial charge in [0.1, 0.15) is 6.04 Å². The number of hydrogen-bond donors (Lipinski definition) is 5. The van der Waals surface area contributed by atoms with Gasteiger partial charge in [0.05, 0.1) is 18.2 Å². The van der Waals surface area contributed by atoms with Crippen LogP contribution in [0.5, 0.6) is 0 Å². The standard InChI is InChI=1S/C27H37N7O3/c28-13-16-34(17-14-29)25(35)18-21(30)26(36)33-24(11-10-19-6-2-1-3-7-19)27(37)32-23-12-15-31-22-9-5-4-8-20(22)23/h1-4,6-8,12,15,21,24H,5,9-11,13-14,16-18,28-30H2,(H,33,36)(H,31,32,37). The van der Waals surface area contributed by atoms with Crippen LogP contribution in [0.25, 0.3) is 6.08 Å². The number of carbonyl (C=O) groups is 3. The van der Waals surface area contributed by atoms with Crippen molar-refractivity contribution in [2.75, 3.05) is 31.5 Å². The summed E-state index contributed by atoms with van der Waals surface area (Å²) in [4.78, 5) is 44.8. The van der Waals surface area contributed by atoms with Crippen molar-refractivity contribution in [1.82, 2.24) is 15.2 Å². The molecule has 1 aliphatic rings. The molecule has 0 saturated carbocycles. The molecule has 2 aromatic rings. The maximum absolute atomic E-state index is 13.4. The second kappa shape index (κ2) is 14.2. The lowest BCUT2D eigenvalue weighted by molar-refractivity contribution is -0.134. The van der Waals surface area contributed by atoms with Crippen molar-refractivity contribution in [2.45, 2.75) is 44.2 Å². The highest BCUT2D eigenvalue weighted by Crippen LogP contribution is 2.25. The van der Waals surface area contributed by atoms with Gasteiger partial charge in [-0.25, -0.2) is 0 Å². The van der Waals surface area contributed by atoms with Crippen LogP contribution in [0.4, 0.5) is 5.69 Å². The zero-order valence-electron chi connectivity index (χ0n) is 21.1. The number of carbonyl (C=O) groups excluding carboxylic acids is 3. The number of hydrogen-bond acceptors (Lipinski definition) is 7. The number of pyridine rings is 1. The van der Waals surface area contributed by atoms with E-state index in [1.807, 2.05) is 42.5 Å². The van der Waals surface area contributed by atoms with Crippen LogP contribution in [0, 0.1) is 0 Å². The molecule has 10 heteroatoms. The highest BCUT2D eigenvalue weighted by molar-refractivity contribution is 5.99. The van der Waals surface area contributed by atoms with Crippen molar-refractivity contribution in [3.63, 3.8) is 0 Å². The highest BCUT2D eigenvalue weighted by atomic mass is 16.2. The molecule has 37 heavy (non-hydrogen) atoms. The topological polar surface area (TPSA) is 169 Å². The minimum atomic E-state index is -1.12. The first-order chi connectivity index (χ1) is 17.9. The molecule has 0 spiro atoms. The van der Waals surface area contributed by atoms with Gasteiger partial charge in [0, 0.05) is 43.6 Å². The van der Waals surface area contributed by atoms with Gasteiger partial charge in [-0.1, -0.05) is 42.5 Å². The summed E-state index contributed by atoms with van der Waals surface area (Å²) in [7, 11) is 0. The van der Waals surface area contributed by atoms with Crippen molar-refractivity contribution >= 4 is 29.5 Å². The van der Waals surface area contributed by atoms with E-state index >= 15 is 0 Å². The first kappa shape index (κ1) is 28.0. The third kappa shape index (κ3) is 8.21. The Morgan fingerprint density at radius 2 is 1.76 bits per heavy atom. The smallest absolute Gasteiger partial charge is 0.246 e. The van der Waals surface area contributed by atoms with E-state index in [2.05, 4.69) is 15.6 Å². The molecule has 0 saturated heterocycles. The molecule has 0 bridgehead atoms. The maximum atomic E-state index is 13.4. The molecular formula is C27H37N7O3. The van der Waals surface area contributed by atoms with E-state index in [0.717, 1.165) is 29.7 Å². The van der Waals surface area contributed by atoms with Crippen molar-refractivity contribution < 1.29 is 14.4 Å². The number of aromatic nitrogens is 1. The number of allylic oxidation sites excluding steroid dienone is 1. The monoisotopic (exact) mass is 507 g/mol. The zero-order valence-corrected chi connectivity index (χ0v) is 21.1. The summed E-state index contributed by atoms with van der Waals surface area (Å²) < 4.78 is 0. The van der Waals surface area contributed by atoms with Crippen molar-refractivity contribution in [1.29, 1.82) is 0 Å². The molecule has 0 aliphatic heterocycles.